The van der Waals surface area contributed by atoms with Crippen LogP contribution in [0.3, 0.4) is 0 Å². The average molecular weight is 451 g/mol. The third-order valence-corrected chi connectivity index (χ3v) is 4.04. The van der Waals surface area contributed by atoms with Crippen LogP contribution in [0.1, 0.15) is 0 Å². The van der Waals surface area contributed by atoms with E-state index in [-0.39, 0.29) is 31.5 Å². The van der Waals surface area contributed by atoms with Crippen molar-refractivity contribution in [2.24, 2.45) is 4.99 Å². The van der Waals surface area contributed by atoms with E-state index in [4.69, 9.17) is 10.2 Å². The molecule has 0 aliphatic carbocycles. The number of benzene rings is 2. The third kappa shape index (κ3) is 7.52. The monoisotopic (exact) mass is 451 g/mol. The number of anilines is 1. The summed E-state index contributed by atoms with van der Waals surface area (Å²) in [6.45, 7) is 0.339. The topological polar surface area (TPSA) is 148 Å². The first kappa shape index (κ1) is 23.6. The zero-order valence-corrected chi connectivity index (χ0v) is 17.5. The maximum absolute atomic E-state index is 14.2. The lowest BCUT2D eigenvalue weighted by molar-refractivity contribution is -0.114. The number of aliphatic hydroxyl groups is 2. The van der Waals surface area contributed by atoms with Crippen molar-refractivity contribution in [3.05, 3.63) is 60.5 Å². The van der Waals surface area contributed by atoms with Gasteiger partial charge in [0.2, 0.25) is 0 Å². The molecular formula is C22H22FN7O3. The second-order valence-electron chi connectivity index (χ2n) is 6.56. The van der Waals surface area contributed by atoms with Crippen LogP contribution in [0.15, 0.2) is 59.7 Å². The molecule has 1 aromatic heterocycles. The Morgan fingerprint density at radius 2 is 1.73 bits per heavy atom. The van der Waals surface area contributed by atoms with Crippen LogP contribution >= 0.6 is 0 Å². The Balaban J connectivity index is 1.70. The van der Waals surface area contributed by atoms with Crippen LogP contribution in [0.4, 0.5) is 38.9 Å². The smallest absolute Gasteiger partial charge is 0.262 e. The molecule has 170 valence electrons. The molecule has 0 saturated heterocycles. The van der Waals surface area contributed by atoms with Crippen LogP contribution in [-0.4, -0.2) is 58.6 Å². The molecule has 1 heterocycles. The molecule has 10 nitrogen and oxygen atoms in total. The molecular weight excluding hydrogens is 429 g/mol. The molecule has 3 rings (SSSR count). The van der Waals surface area contributed by atoms with E-state index in [1.807, 2.05) is 0 Å². The summed E-state index contributed by atoms with van der Waals surface area (Å²) < 4.78 is 14.2. The predicted octanol–water partition coefficient (Wildman–Crippen LogP) is 1.97. The van der Waals surface area contributed by atoms with Crippen LogP contribution in [0, 0.1) is 5.82 Å². The number of carbonyl (C=O) groups excluding carboxylic acids is 1. The number of nitrogens with one attached hydrogen (secondary N) is 2. The highest BCUT2D eigenvalue weighted by Crippen LogP contribution is 2.24. The molecule has 0 atom stereocenters. The van der Waals surface area contributed by atoms with Crippen LogP contribution in [0.2, 0.25) is 0 Å². The van der Waals surface area contributed by atoms with Gasteiger partial charge in [0.05, 0.1) is 42.7 Å². The summed E-state index contributed by atoms with van der Waals surface area (Å²) in [5, 5.41) is 31.6. The second kappa shape index (κ2) is 12.1. The minimum Gasteiger partial charge on any atom is -0.395 e. The van der Waals surface area contributed by atoms with Gasteiger partial charge in [0, 0.05) is 18.8 Å². The quantitative estimate of drug-likeness (QED) is 0.328. The Kier molecular flexibility index (Phi) is 8.63. The van der Waals surface area contributed by atoms with Gasteiger partial charge < -0.3 is 20.8 Å². The van der Waals surface area contributed by atoms with Crippen molar-refractivity contribution in [2.75, 3.05) is 31.6 Å². The summed E-state index contributed by atoms with van der Waals surface area (Å²) in [4.78, 5) is 23.6. The predicted molar refractivity (Wildman–Crippen MR) is 122 cm³/mol. The third-order valence-electron chi connectivity index (χ3n) is 4.04. The molecule has 33 heavy (non-hydrogen) atoms. The van der Waals surface area contributed by atoms with E-state index in [1.54, 1.807) is 48.5 Å². The first-order chi connectivity index (χ1) is 16.1. The molecule has 0 fully saturated rings. The lowest BCUT2D eigenvalue weighted by Gasteiger charge is -2.08. The minimum atomic E-state index is -0.699. The Morgan fingerprint density at radius 1 is 1.00 bits per heavy atom. The highest BCUT2D eigenvalue weighted by Gasteiger charge is 2.11. The maximum atomic E-state index is 14.2. The van der Waals surface area contributed by atoms with Gasteiger partial charge in [-0.1, -0.05) is 12.1 Å². The van der Waals surface area contributed by atoms with E-state index in [9.17, 15) is 9.18 Å². The molecule has 1 amide bonds. The highest BCUT2D eigenvalue weighted by molar-refractivity contribution is 6.26. The van der Waals surface area contributed by atoms with Crippen LogP contribution < -0.4 is 21.3 Å². The Morgan fingerprint density at radius 3 is 2.52 bits per heavy atom. The number of halogens is 1. The summed E-state index contributed by atoms with van der Waals surface area (Å²) in [6.07, 6.45) is 2.09. The molecule has 4 N–H and O–H groups in total. The first-order valence-corrected chi connectivity index (χ1v) is 10.0. The second-order valence-corrected chi connectivity index (χ2v) is 6.56. The van der Waals surface area contributed by atoms with Gasteiger partial charge in [-0.25, -0.2) is 20.0 Å². The SMILES string of the molecule is O=C(C=Nc1cccc([N]c2ncc(F)c([N]c3cccc(NCCO)c3)n2)c1)NCCO. The molecule has 2 aromatic carbocycles. The summed E-state index contributed by atoms with van der Waals surface area (Å²) >= 11 is 0. The van der Waals surface area contributed by atoms with Gasteiger partial charge in [-0.05, 0) is 36.4 Å². The van der Waals surface area contributed by atoms with Gasteiger partial charge in [-0.15, -0.1) is 0 Å². The van der Waals surface area contributed by atoms with E-state index in [0.29, 0.717) is 23.6 Å². The number of amides is 1. The summed E-state index contributed by atoms with van der Waals surface area (Å²) in [7, 11) is 0. The molecule has 0 aliphatic heterocycles. The number of nitrogens with zero attached hydrogens (tertiary/aromatic N) is 5. The molecule has 11 heteroatoms. The molecule has 0 aliphatic rings. The molecule has 2 radical (unpaired) electrons. The van der Waals surface area contributed by atoms with Crippen molar-refractivity contribution >= 4 is 46.6 Å². The van der Waals surface area contributed by atoms with E-state index in [2.05, 4.69) is 36.2 Å². The number of aliphatic imine (C=N–C) groups is 1. The fourth-order valence-electron chi connectivity index (χ4n) is 2.61. The van der Waals surface area contributed by atoms with Crippen LogP contribution in [0.25, 0.3) is 0 Å². The van der Waals surface area contributed by atoms with Crippen molar-refractivity contribution in [1.82, 2.24) is 25.9 Å². The number of aromatic nitrogens is 2. The zero-order chi connectivity index (χ0) is 23.5. The molecule has 3 aromatic rings. The molecule has 0 spiro atoms. The number of hydrogen-bond acceptors (Lipinski definition) is 7. The fraction of sp³-hybridized carbons (Fsp3) is 0.182. The summed E-state index contributed by atoms with van der Waals surface area (Å²) in [5.74, 6) is -1.30. The number of carbonyl (C=O) groups is 1. The lowest BCUT2D eigenvalue weighted by Crippen LogP contribution is -2.26. The van der Waals surface area contributed by atoms with Gasteiger partial charge in [0.1, 0.15) is 0 Å². The largest absolute Gasteiger partial charge is 0.395 e. The zero-order valence-electron chi connectivity index (χ0n) is 17.5. The Labute approximate surface area is 189 Å². The molecule has 0 bridgehead atoms. The van der Waals surface area contributed by atoms with Crippen molar-refractivity contribution < 1.29 is 19.4 Å². The molecule has 0 unspecified atom stereocenters. The summed E-state index contributed by atoms with van der Waals surface area (Å²) in [6, 6.07) is 13.6. The van der Waals surface area contributed by atoms with Gasteiger partial charge in [0.25, 0.3) is 11.9 Å². The Hall–Kier alpha value is -4.09. The number of hydrogen-bond donors (Lipinski definition) is 4. The van der Waals surface area contributed by atoms with E-state index in [0.717, 1.165) is 18.1 Å². The van der Waals surface area contributed by atoms with Crippen LogP contribution in [-0.2, 0) is 4.79 Å². The summed E-state index contributed by atoms with van der Waals surface area (Å²) in [5.41, 5.74) is 2.12. The highest BCUT2D eigenvalue weighted by atomic mass is 19.1. The molecule has 0 saturated carbocycles. The van der Waals surface area contributed by atoms with E-state index >= 15 is 0 Å². The normalized spacial score (nSPS) is 10.8. The van der Waals surface area contributed by atoms with Crippen molar-refractivity contribution in [1.29, 1.82) is 0 Å². The van der Waals surface area contributed by atoms with Gasteiger partial charge >= 0.3 is 0 Å². The van der Waals surface area contributed by atoms with Crippen molar-refractivity contribution in [2.45, 2.75) is 0 Å². The van der Waals surface area contributed by atoms with Gasteiger partial charge in [-0.3, -0.25) is 9.79 Å². The van der Waals surface area contributed by atoms with Crippen molar-refractivity contribution in [3.63, 3.8) is 0 Å². The average Bonchev–Trinajstić information content (AvgIpc) is 2.83. The van der Waals surface area contributed by atoms with E-state index in [1.165, 1.54) is 0 Å². The van der Waals surface area contributed by atoms with Crippen molar-refractivity contribution in [3.8, 4) is 0 Å². The Bertz CT molecular complexity index is 1110. The lowest BCUT2D eigenvalue weighted by atomic mass is 10.2. The minimum absolute atomic E-state index is 0.00604. The number of aliphatic hydroxyl groups excluding tert-OH is 2. The van der Waals surface area contributed by atoms with Gasteiger partial charge in [-0.2, -0.15) is 4.98 Å². The van der Waals surface area contributed by atoms with E-state index < -0.39 is 11.7 Å². The maximum Gasteiger partial charge on any atom is 0.262 e. The van der Waals surface area contributed by atoms with Crippen LogP contribution in [0.5, 0.6) is 0 Å². The first-order valence-electron chi connectivity index (χ1n) is 10.0. The fourth-order valence-corrected chi connectivity index (χ4v) is 2.61. The number of rotatable bonds is 11. The standard InChI is InChI=1S/C22H22FN7O3/c23-19-13-27-22(30-21(19)28-17-5-1-3-15(11-17)24-7-9-31)29-18-6-2-4-16(12-18)26-14-20(33)25-8-10-32/h1-6,11-14,24,31-32H,7-10H2,(H,25,33). The van der Waals surface area contributed by atoms with Gasteiger partial charge in [0.15, 0.2) is 11.6 Å².